The van der Waals surface area contributed by atoms with E-state index in [0.29, 0.717) is 18.0 Å². The second-order valence-electron chi connectivity index (χ2n) is 4.99. The molecule has 0 spiro atoms. The Kier molecular flexibility index (Phi) is 3.66. The van der Waals surface area contributed by atoms with E-state index < -0.39 is 0 Å². The minimum atomic E-state index is -0.251. The number of phenolic OH excluding ortho intramolecular Hbond substituents is 1. The number of phenols is 1. The quantitative estimate of drug-likeness (QED) is 0.908. The van der Waals surface area contributed by atoms with Crippen LogP contribution >= 0.6 is 0 Å². The molecule has 2 aromatic rings. The van der Waals surface area contributed by atoms with E-state index in [9.17, 15) is 9.50 Å². The lowest BCUT2D eigenvalue weighted by molar-refractivity contribution is 0.174. The van der Waals surface area contributed by atoms with Crippen LogP contribution in [0, 0.1) is 5.82 Å². The van der Waals surface area contributed by atoms with Gasteiger partial charge in [-0.15, -0.1) is 0 Å². The average molecular weight is 289 g/mol. The first-order chi connectivity index (χ1) is 10.1. The highest BCUT2D eigenvalue weighted by atomic mass is 19.1. The smallest absolute Gasteiger partial charge is 0.231 e. The zero-order valence-corrected chi connectivity index (χ0v) is 11.6. The maximum atomic E-state index is 12.9. The maximum Gasteiger partial charge on any atom is 0.231 e. The fourth-order valence-electron chi connectivity index (χ4n) is 2.25. The second-order valence-corrected chi connectivity index (χ2v) is 4.99. The van der Waals surface area contributed by atoms with Crippen LogP contribution in [0.3, 0.4) is 0 Å². The molecule has 4 nitrogen and oxygen atoms in total. The van der Waals surface area contributed by atoms with Gasteiger partial charge in [0.1, 0.15) is 11.6 Å². The SMILES string of the molecule is C[C@H](NCc1cc2c(cc1O)OCO2)c1ccc(F)cc1. The predicted octanol–water partition coefficient (Wildman–Crippen LogP) is 3.11. The number of fused-ring (bicyclic) bond motifs is 1. The van der Waals surface area contributed by atoms with Gasteiger partial charge in [-0.1, -0.05) is 12.1 Å². The van der Waals surface area contributed by atoms with E-state index >= 15 is 0 Å². The summed E-state index contributed by atoms with van der Waals surface area (Å²) in [6.07, 6.45) is 0. The third-order valence-electron chi connectivity index (χ3n) is 3.54. The second kappa shape index (κ2) is 5.61. The lowest BCUT2D eigenvalue weighted by atomic mass is 10.1. The third kappa shape index (κ3) is 2.92. The molecule has 0 saturated carbocycles. The summed E-state index contributed by atoms with van der Waals surface area (Å²) in [4.78, 5) is 0. The molecule has 0 radical (unpaired) electrons. The van der Waals surface area contributed by atoms with Crippen LogP contribution in [-0.4, -0.2) is 11.9 Å². The van der Waals surface area contributed by atoms with Crippen LogP contribution in [0.2, 0.25) is 0 Å². The van der Waals surface area contributed by atoms with Crippen molar-refractivity contribution in [3.8, 4) is 17.2 Å². The van der Waals surface area contributed by atoms with Gasteiger partial charge in [0.05, 0.1) is 0 Å². The molecular weight excluding hydrogens is 273 g/mol. The summed E-state index contributed by atoms with van der Waals surface area (Å²) < 4.78 is 23.4. The summed E-state index contributed by atoms with van der Waals surface area (Å²) in [5, 5.41) is 13.3. The number of benzene rings is 2. The van der Waals surface area contributed by atoms with Crippen molar-refractivity contribution < 1.29 is 19.0 Å². The molecule has 0 bridgehead atoms. The Hall–Kier alpha value is -2.27. The predicted molar refractivity (Wildman–Crippen MR) is 75.9 cm³/mol. The maximum absolute atomic E-state index is 12.9. The van der Waals surface area contributed by atoms with Crippen molar-refractivity contribution in [2.24, 2.45) is 0 Å². The summed E-state index contributed by atoms with van der Waals surface area (Å²) in [5.74, 6) is 1.11. The lowest BCUT2D eigenvalue weighted by Gasteiger charge is -2.15. The zero-order valence-electron chi connectivity index (χ0n) is 11.6. The number of hydrogen-bond donors (Lipinski definition) is 2. The molecule has 1 heterocycles. The molecule has 110 valence electrons. The van der Waals surface area contributed by atoms with Crippen LogP contribution in [0.1, 0.15) is 24.1 Å². The van der Waals surface area contributed by atoms with Gasteiger partial charge in [-0.3, -0.25) is 0 Å². The molecule has 1 atom stereocenters. The van der Waals surface area contributed by atoms with Crippen molar-refractivity contribution in [1.29, 1.82) is 0 Å². The fraction of sp³-hybridized carbons (Fsp3) is 0.250. The molecule has 2 aromatic carbocycles. The third-order valence-corrected chi connectivity index (χ3v) is 3.54. The minimum Gasteiger partial charge on any atom is -0.507 e. The number of aromatic hydroxyl groups is 1. The number of ether oxygens (including phenoxy) is 2. The van der Waals surface area contributed by atoms with Crippen molar-refractivity contribution in [3.05, 3.63) is 53.3 Å². The van der Waals surface area contributed by atoms with Crippen molar-refractivity contribution in [1.82, 2.24) is 5.32 Å². The van der Waals surface area contributed by atoms with Crippen molar-refractivity contribution in [2.75, 3.05) is 6.79 Å². The number of hydrogen-bond acceptors (Lipinski definition) is 4. The molecule has 1 aliphatic rings. The monoisotopic (exact) mass is 289 g/mol. The Morgan fingerprint density at radius 1 is 1.19 bits per heavy atom. The first kappa shape index (κ1) is 13.7. The molecule has 2 N–H and O–H groups in total. The standard InChI is InChI=1S/C16H16FNO3/c1-10(11-2-4-13(17)5-3-11)18-8-12-6-15-16(7-14(12)19)21-9-20-15/h2-7,10,18-19H,8-9H2,1H3/t10-/m0/s1. The van der Waals surface area contributed by atoms with E-state index in [1.807, 2.05) is 6.92 Å². The summed E-state index contributed by atoms with van der Waals surface area (Å²) in [5.41, 5.74) is 1.71. The van der Waals surface area contributed by atoms with Gasteiger partial charge >= 0.3 is 0 Å². The van der Waals surface area contributed by atoms with Crippen LogP contribution in [0.4, 0.5) is 4.39 Å². The Morgan fingerprint density at radius 3 is 2.57 bits per heavy atom. The highest BCUT2D eigenvalue weighted by Gasteiger charge is 2.17. The molecule has 5 heteroatoms. The number of rotatable bonds is 4. The van der Waals surface area contributed by atoms with Gasteiger partial charge in [-0.05, 0) is 30.7 Å². The molecule has 0 unspecified atom stereocenters. The van der Waals surface area contributed by atoms with Crippen molar-refractivity contribution >= 4 is 0 Å². The Labute approximate surface area is 122 Å². The molecule has 0 fully saturated rings. The van der Waals surface area contributed by atoms with E-state index in [4.69, 9.17) is 9.47 Å². The molecule has 0 aromatic heterocycles. The van der Waals surface area contributed by atoms with Crippen molar-refractivity contribution in [3.63, 3.8) is 0 Å². The topological polar surface area (TPSA) is 50.7 Å². The number of halogens is 1. The largest absolute Gasteiger partial charge is 0.507 e. The minimum absolute atomic E-state index is 0.0374. The van der Waals surface area contributed by atoms with Crippen LogP contribution in [0.5, 0.6) is 17.2 Å². The molecule has 21 heavy (non-hydrogen) atoms. The molecular formula is C16H16FNO3. The van der Waals surface area contributed by atoms with Gasteiger partial charge in [-0.25, -0.2) is 4.39 Å². The van der Waals surface area contributed by atoms with Gasteiger partial charge in [0.15, 0.2) is 11.5 Å². The van der Waals surface area contributed by atoms with Crippen LogP contribution in [-0.2, 0) is 6.54 Å². The lowest BCUT2D eigenvalue weighted by Crippen LogP contribution is -2.18. The summed E-state index contributed by atoms with van der Waals surface area (Å²) in [7, 11) is 0. The van der Waals surface area contributed by atoms with Gasteiger partial charge < -0.3 is 19.9 Å². The zero-order chi connectivity index (χ0) is 14.8. The number of nitrogens with one attached hydrogen (secondary N) is 1. The van der Waals surface area contributed by atoms with E-state index in [1.54, 1.807) is 24.3 Å². The fourth-order valence-corrected chi connectivity index (χ4v) is 2.25. The first-order valence-corrected chi connectivity index (χ1v) is 6.74. The average Bonchev–Trinajstić information content (AvgIpc) is 2.92. The van der Waals surface area contributed by atoms with E-state index in [-0.39, 0.29) is 24.4 Å². The van der Waals surface area contributed by atoms with Crippen LogP contribution in [0.15, 0.2) is 36.4 Å². The molecule has 0 amide bonds. The Morgan fingerprint density at radius 2 is 1.86 bits per heavy atom. The summed E-state index contributed by atoms with van der Waals surface area (Å²) in [6.45, 7) is 2.63. The van der Waals surface area contributed by atoms with Crippen LogP contribution in [0.25, 0.3) is 0 Å². The van der Waals surface area contributed by atoms with Gasteiger partial charge in [0.2, 0.25) is 6.79 Å². The normalized spacial score (nSPS) is 14.2. The van der Waals surface area contributed by atoms with E-state index in [1.165, 1.54) is 12.1 Å². The van der Waals surface area contributed by atoms with E-state index in [2.05, 4.69) is 5.32 Å². The van der Waals surface area contributed by atoms with Crippen molar-refractivity contribution in [2.45, 2.75) is 19.5 Å². The Balaban J connectivity index is 1.68. The Bertz CT molecular complexity index is 643. The first-order valence-electron chi connectivity index (χ1n) is 6.74. The molecule has 0 aliphatic carbocycles. The highest BCUT2D eigenvalue weighted by molar-refractivity contribution is 5.51. The molecule has 3 rings (SSSR count). The van der Waals surface area contributed by atoms with Gasteiger partial charge in [0.25, 0.3) is 0 Å². The van der Waals surface area contributed by atoms with Gasteiger partial charge in [0, 0.05) is 24.2 Å². The molecule has 0 saturated heterocycles. The van der Waals surface area contributed by atoms with E-state index in [0.717, 1.165) is 11.1 Å². The molecule has 1 aliphatic heterocycles. The van der Waals surface area contributed by atoms with Gasteiger partial charge in [-0.2, -0.15) is 0 Å². The summed E-state index contributed by atoms with van der Waals surface area (Å²) >= 11 is 0. The highest BCUT2D eigenvalue weighted by Crippen LogP contribution is 2.37. The van der Waals surface area contributed by atoms with Crippen LogP contribution < -0.4 is 14.8 Å². The summed E-state index contributed by atoms with van der Waals surface area (Å²) in [6, 6.07) is 9.72.